The maximum atomic E-state index is 12.7. The van der Waals surface area contributed by atoms with Crippen LogP contribution in [0.5, 0.6) is 0 Å². The molecular formula is C16H17N5O. The van der Waals surface area contributed by atoms with Gasteiger partial charge in [0.2, 0.25) is 5.95 Å². The molecule has 0 fully saturated rings. The molecule has 0 aliphatic rings. The second-order valence-electron chi connectivity index (χ2n) is 5.26. The van der Waals surface area contributed by atoms with Gasteiger partial charge < -0.3 is 5.32 Å². The van der Waals surface area contributed by atoms with Crippen LogP contribution in [0.1, 0.15) is 23.7 Å². The molecule has 0 bridgehead atoms. The highest BCUT2D eigenvalue weighted by Gasteiger charge is 2.13. The van der Waals surface area contributed by atoms with E-state index in [9.17, 15) is 4.79 Å². The van der Waals surface area contributed by atoms with Crippen LogP contribution in [0.3, 0.4) is 0 Å². The summed E-state index contributed by atoms with van der Waals surface area (Å²) in [7, 11) is 0. The third-order valence-electron chi connectivity index (χ3n) is 3.35. The first-order chi connectivity index (χ1) is 10.5. The van der Waals surface area contributed by atoms with Gasteiger partial charge in [-0.3, -0.25) is 9.89 Å². The van der Waals surface area contributed by atoms with Gasteiger partial charge in [0.1, 0.15) is 0 Å². The fourth-order valence-electron chi connectivity index (χ4n) is 2.32. The number of nitrogens with zero attached hydrogens (tertiary/aromatic N) is 3. The lowest BCUT2D eigenvalue weighted by atomic mass is 10.1. The highest BCUT2D eigenvalue weighted by Crippen LogP contribution is 2.11. The SMILES string of the molecule is C=C(C)Nc1nc2nc(C)c(Cc3ccccc3)c(=O)n2[nH]1. The molecule has 0 unspecified atom stereocenters. The van der Waals surface area contributed by atoms with Crippen molar-refractivity contribution in [3.63, 3.8) is 0 Å². The monoisotopic (exact) mass is 295 g/mol. The van der Waals surface area contributed by atoms with Crippen LogP contribution >= 0.6 is 0 Å². The molecule has 2 heterocycles. The Morgan fingerprint density at radius 2 is 2.05 bits per heavy atom. The van der Waals surface area contributed by atoms with Crippen molar-refractivity contribution in [2.45, 2.75) is 20.3 Å². The Kier molecular flexibility index (Phi) is 3.50. The van der Waals surface area contributed by atoms with Gasteiger partial charge in [0.15, 0.2) is 0 Å². The molecule has 3 rings (SSSR count). The average molecular weight is 295 g/mol. The number of rotatable bonds is 4. The molecule has 2 N–H and O–H groups in total. The minimum Gasteiger partial charge on any atom is -0.329 e. The molecule has 1 aromatic carbocycles. The first-order valence-electron chi connectivity index (χ1n) is 6.99. The summed E-state index contributed by atoms with van der Waals surface area (Å²) in [6.45, 7) is 7.40. The van der Waals surface area contributed by atoms with E-state index < -0.39 is 0 Å². The van der Waals surface area contributed by atoms with Crippen LogP contribution in [0.4, 0.5) is 5.95 Å². The maximum Gasteiger partial charge on any atom is 0.277 e. The van der Waals surface area contributed by atoms with Crippen molar-refractivity contribution >= 4 is 11.7 Å². The summed E-state index contributed by atoms with van der Waals surface area (Å²) >= 11 is 0. The number of aryl methyl sites for hydroxylation is 1. The highest BCUT2D eigenvalue weighted by atomic mass is 16.1. The standard InChI is InChI=1S/C16H17N5O/c1-10(2)17-15-19-16-18-11(3)13(14(22)21(16)20-15)9-12-7-5-4-6-8-12/h4-8H,1,9H2,2-3H3,(H2,17,18,19,20). The minimum atomic E-state index is -0.131. The van der Waals surface area contributed by atoms with Gasteiger partial charge in [-0.15, -0.1) is 0 Å². The Morgan fingerprint density at radius 3 is 2.73 bits per heavy atom. The van der Waals surface area contributed by atoms with Gasteiger partial charge in [-0.1, -0.05) is 36.9 Å². The summed E-state index contributed by atoms with van der Waals surface area (Å²) in [5.41, 5.74) is 3.03. The molecule has 6 heteroatoms. The van der Waals surface area contributed by atoms with Crippen LogP contribution in [0.25, 0.3) is 5.78 Å². The van der Waals surface area contributed by atoms with Crippen LogP contribution in [0, 0.1) is 6.92 Å². The first kappa shape index (κ1) is 14.1. The van der Waals surface area contributed by atoms with E-state index in [1.165, 1.54) is 4.52 Å². The largest absolute Gasteiger partial charge is 0.329 e. The van der Waals surface area contributed by atoms with E-state index in [1.807, 2.05) is 44.2 Å². The molecule has 22 heavy (non-hydrogen) atoms. The Hall–Kier alpha value is -2.89. The Morgan fingerprint density at radius 1 is 1.32 bits per heavy atom. The van der Waals surface area contributed by atoms with E-state index in [0.717, 1.165) is 11.3 Å². The number of aromatic nitrogens is 4. The van der Waals surface area contributed by atoms with Gasteiger partial charge in [-0.05, 0) is 19.4 Å². The fraction of sp³-hybridized carbons (Fsp3) is 0.188. The van der Waals surface area contributed by atoms with Crippen LogP contribution in [-0.4, -0.2) is 19.6 Å². The zero-order valence-electron chi connectivity index (χ0n) is 12.6. The summed E-state index contributed by atoms with van der Waals surface area (Å²) < 4.78 is 1.36. The molecule has 0 amide bonds. The van der Waals surface area contributed by atoms with Crippen molar-refractivity contribution in [1.29, 1.82) is 0 Å². The van der Waals surface area contributed by atoms with Crippen molar-refractivity contribution in [3.8, 4) is 0 Å². The summed E-state index contributed by atoms with van der Waals surface area (Å²) in [6.07, 6.45) is 0.545. The summed E-state index contributed by atoms with van der Waals surface area (Å²) in [6, 6.07) is 9.86. The predicted octanol–water partition coefficient (Wildman–Crippen LogP) is 2.26. The van der Waals surface area contributed by atoms with E-state index in [2.05, 4.69) is 27.0 Å². The van der Waals surface area contributed by atoms with Gasteiger partial charge >= 0.3 is 0 Å². The summed E-state index contributed by atoms with van der Waals surface area (Å²) in [4.78, 5) is 21.3. The van der Waals surface area contributed by atoms with Crippen molar-refractivity contribution in [2.24, 2.45) is 0 Å². The molecule has 112 valence electrons. The lowest BCUT2D eigenvalue weighted by Gasteiger charge is -2.04. The number of allylic oxidation sites excluding steroid dienone is 1. The normalized spacial score (nSPS) is 10.8. The van der Waals surface area contributed by atoms with E-state index in [0.29, 0.717) is 29.4 Å². The third kappa shape index (κ3) is 2.63. The van der Waals surface area contributed by atoms with Gasteiger partial charge in [-0.25, -0.2) is 4.98 Å². The number of hydrogen-bond donors (Lipinski definition) is 2. The van der Waals surface area contributed by atoms with E-state index >= 15 is 0 Å². The smallest absolute Gasteiger partial charge is 0.277 e. The quantitative estimate of drug-likeness (QED) is 0.774. The fourth-order valence-corrected chi connectivity index (χ4v) is 2.32. The van der Waals surface area contributed by atoms with Gasteiger partial charge in [0, 0.05) is 17.7 Å². The predicted molar refractivity (Wildman–Crippen MR) is 86.0 cm³/mol. The molecule has 0 atom stereocenters. The number of nitrogens with one attached hydrogen (secondary N) is 2. The minimum absolute atomic E-state index is 0.131. The van der Waals surface area contributed by atoms with Crippen molar-refractivity contribution < 1.29 is 0 Å². The molecule has 0 aliphatic heterocycles. The molecule has 0 saturated carbocycles. The van der Waals surface area contributed by atoms with Gasteiger partial charge in [-0.2, -0.15) is 9.50 Å². The molecule has 0 aliphatic carbocycles. The Labute approximate surface area is 127 Å². The number of anilines is 1. The summed E-state index contributed by atoms with van der Waals surface area (Å²) in [5, 5.41) is 5.86. The average Bonchev–Trinajstić information content (AvgIpc) is 2.86. The van der Waals surface area contributed by atoms with Crippen molar-refractivity contribution in [2.75, 3.05) is 5.32 Å². The Bertz CT molecular complexity index is 892. The molecule has 3 aromatic rings. The lowest BCUT2D eigenvalue weighted by molar-refractivity contribution is 0.860. The molecule has 0 radical (unpaired) electrons. The van der Waals surface area contributed by atoms with Crippen LogP contribution < -0.4 is 10.9 Å². The van der Waals surface area contributed by atoms with E-state index in [-0.39, 0.29) is 5.56 Å². The molecule has 0 saturated heterocycles. The second kappa shape index (κ2) is 5.48. The second-order valence-corrected chi connectivity index (χ2v) is 5.26. The topological polar surface area (TPSA) is 75.1 Å². The number of benzene rings is 1. The molecule has 2 aromatic heterocycles. The highest BCUT2D eigenvalue weighted by molar-refractivity contribution is 5.42. The number of hydrogen-bond acceptors (Lipinski definition) is 4. The zero-order chi connectivity index (χ0) is 15.7. The summed E-state index contributed by atoms with van der Waals surface area (Å²) in [5.74, 6) is 0.802. The maximum absolute atomic E-state index is 12.7. The first-order valence-corrected chi connectivity index (χ1v) is 6.99. The third-order valence-corrected chi connectivity index (χ3v) is 3.35. The zero-order valence-corrected chi connectivity index (χ0v) is 12.6. The molecule has 0 spiro atoms. The Balaban J connectivity index is 2.07. The van der Waals surface area contributed by atoms with Crippen molar-refractivity contribution in [1.82, 2.24) is 19.6 Å². The van der Waals surface area contributed by atoms with Crippen LogP contribution in [-0.2, 0) is 6.42 Å². The van der Waals surface area contributed by atoms with Crippen molar-refractivity contribution in [3.05, 3.63) is 69.8 Å². The lowest BCUT2D eigenvalue weighted by Crippen LogP contribution is -2.22. The van der Waals surface area contributed by atoms with Crippen LogP contribution in [0.2, 0.25) is 0 Å². The number of aromatic amines is 1. The number of fused-ring (bicyclic) bond motifs is 1. The van der Waals surface area contributed by atoms with Crippen LogP contribution in [0.15, 0.2) is 47.4 Å². The molecule has 6 nitrogen and oxygen atoms in total. The number of H-pyrrole nitrogens is 1. The van der Waals surface area contributed by atoms with Gasteiger partial charge in [0.25, 0.3) is 11.3 Å². The molecular weight excluding hydrogens is 278 g/mol. The van der Waals surface area contributed by atoms with E-state index in [1.54, 1.807) is 0 Å². The van der Waals surface area contributed by atoms with E-state index in [4.69, 9.17) is 0 Å². The van der Waals surface area contributed by atoms with Gasteiger partial charge in [0.05, 0.1) is 5.69 Å².